The number of nitrogens with one attached hydrogen (secondary N) is 1. The van der Waals surface area contributed by atoms with Crippen molar-refractivity contribution in [3.8, 4) is 0 Å². The second-order valence-corrected chi connectivity index (χ2v) is 10.2. The zero-order valence-corrected chi connectivity index (χ0v) is 20.8. The predicted molar refractivity (Wildman–Crippen MR) is 130 cm³/mol. The summed E-state index contributed by atoms with van der Waals surface area (Å²) in [6, 6.07) is 9.18. The third kappa shape index (κ3) is 7.74. The lowest BCUT2D eigenvalue weighted by Gasteiger charge is -2.33. The molecule has 0 aromatic heterocycles. The highest BCUT2D eigenvalue weighted by Crippen LogP contribution is 2.24. The van der Waals surface area contributed by atoms with Crippen LogP contribution < -0.4 is 9.62 Å². The first-order chi connectivity index (χ1) is 16.3. The number of hydrogen-bond donors (Lipinski definition) is 1. The first-order valence-electron chi connectivity index (χ1n) is 10.9. The number of amides is 2. The van der Waals surface area contributed by atoms with Gasteiger partial charge in [0.05, 0.1) is 16.9 Å². The maximum atomic E-state index is 13.5. The highest BCUT2D eigenvalue weighted by Gasteiger charge is 2.32. The van der Waals surface area contributed by atoms with E-state index in [-0.39, 0.29) is 30.4 Å². The van der Waals surface area contributed by atoms with E-state index in [0.29, 0.717) is 5.56 Å². The van der Waals surface area contributed by atoms with E-state index >= 15 is 0 Å². The molecule has 0 radical (unpaired) electrons. The lowest BCUT2D eigenvalue weighted by atomic mass is 10.1. The van der Waals surface area contributed by atoms with Crippen LogP contribution in [0.4, 0.5) is 15.8 Å². The van der Waals surface area contributed by atoms with Crippen molar-refractivity contribution in [2.24, 2.45) is 0 Å². The molecule has 0 heterocycles. The standard InChI is InChI=1S/C23H29FN4O6S/c1-5-21(23(30)25-16(2)3)26(14-17-9-11-18(24)12-10-17)22(29)15-27(35(4,33)34)19-7-6-8-20(13-19)28(31)32/h6-13,16,21H,5,14-15H2,1-4H3,(H,25,30)/t21-/m1/s1. The first-order valence-corrected chi connectivity index (χ1v) is 12.7. The van der Waals surface area contributed by atoms with Crippen LogP contribution in [0.1, 0.15) is 32.8 Å². The number of nitrogens with zero attached hydrogens (tertiary/aromatic N) is 3. The van der Waals surface area contributed by atoms with Crippen molar-refractivity contribution in [2.45, 2.75) is 45.8 Å². The van der Waals surface area contributed by atoms with E-state index in [1.807, 2.05) is 0 Å². The van der Waals surface area contributed by atoms with Gasteiger partial charge in [-0.05, 0) is 44.0 Å². The molecule has 190 valence electrons. The van der Waals surface area contributed by atoms with Gasteiger partial charge >= 0.3 is 0 Å². The molecule has 0 aliphatic heterocycles. The molecule has 0 saturated heterocycles. The Kier molecular flexibility index (Phi) is 9.29. The average molecular weight is 509 g/mol. The van der Waals surface area contributed by atoms with Gasteiger partial charge in [-0.1, -0.05) is 25.1 Å². The summed E-state index contributed by atoms with van der Waals surface area (Å²) in [6.07, 6.45) is 1.12. The van der Waals surface area contributed by atoms with Crippen LogP contribution in [0.15, 0.2) is 48.5 Å². The summed E-state index contributed by atoms with van der Waals surface area (Å²) in [7, 11) is -4.03. The van der Waals surface area contributed by atoms with Gasteiger partial charge in [-0.3, -0.25) is 24.0 Å². The number of hydrogen-bond acceptors (Lipinski definition) is 6. The lowest BCUT2D eigenvalue weighted by Crippen LogP contribution is -2.53. The fourth-order valence-corrected chi connectivity index (χ4v) is 4.30. The van der Waals surface area contributed by atoms with Crippen LogP contribution in [0, 0.1) is 15.9 Å². The zero-order chi connectivity index (χ0) is 26.3. The molecule has 35 heavy (non-hydrogen) atoms. The van der Waals surface area contributed by atoms with Crippen molar-refractivity contribution in [3.63, 3.8) is 0 Å². The van der Waals surface area contributed by atoms with E-state index in [1.54, 1.807) is 20.8 Å². The van der Waals surface area contributed by atoms with Crippen molar-refractivity contribution in [1.29, 1.82) is 0 Å². The minimum atomic E-state index is -4.03. The van der Waals surface area contributed by atoms with Gasteiger partial charge in [-0.25, -0.2) is 12.8 Å². The highest BCUT2D eigenvalue weighted by atomic mass is 32.2. The molecule has 2 amide bonds. The van der Waals surface area contributed by atoms with Crippen molar-refractivity contribution < 1.29 is 27.3 Å². The zero-order valence-electron chi connectivity index (χ0n) is 20.0. The van der Waals surface area contributed by atoms with Gasteiger partial charge in [0.25, 0.3) is 5.69 Å². The molecule has 0 aliphatic carbocycles. The quantitative estimate of drug-likeness (QED) is 0.367. The van der Waals surface area contributed by atoms with E-state index in [4.69, 9.17) is 0 Å². The summed E-state index contributed by atoms with van der Waals surface area (Å²) in [5, 5.41) is 13.9. The van der Waals surface area contributed by atoms with E-state index in [1.165, 1.54) is 47.4 Å². The molecule has 10 nitrogen and oxygen atoms in total. The van der Waals surface area contributed by atoms with Crippen LogP contribution in [0.3, 0.4) is 0 Å². The average Bonchev–Trinajstić information content (AvgIpc) is 2.77. The lowest BCUT2D eigenvalue weighted by molar-refractivity contribution is -0.384. The fourth-order valence-electron chi connectivity index (χ4n) is 3.46. The van der Waals surface area contributed by atoms with Crippen molar-refractivity contribution in [2.75, 3.05) is 17.1 Å². The molecule has 12 heteroatoms. The Hall–Kier alpha value is -3.54. The van der Waals surface area contributed by atoms with Crippen LogP contribution in [0.5, 0.6) is 0 Å². The van der Waals surface area contributed by atoms with Crippen LogP contribution in [-0.2, 0) is 26.2 Å². The molecule has 0 aliphatic rings. The maximum absolute atomic E-state index is 13.5. The van der Waals surface area contributed by atoms with Crippen LogP contribution in [0.25, 0.3) is 0 Å². The molecular weight excluding hydrogens is 479 g/mol. The Morgan fingerprint density at radius 1 is 1.14 bits per heavy atom. The molecule has 0 bridgehead atoms. The number of non-ortho nitro benzene ring substituents is 1. The van der Waals surface area contributed by atoms with Crippen LogP contribution >= 0.6 is 0 Å². The number of carbonyl (C=O) groups is 2. The summed E-state index contributed by atoms with van der Waals surface area (Å²) in [5.41, 5.74) is 0.141. The predicted octanol–water partition coefficient (Wildman–Crippen LogP) is 2.83. The summed E-state index contributed by atoms with van der Waals surface area (Å²) >= 11 is 0. The topological polar surface area (TPSA) is 130 Å². The van der Waals surface area contributed by atoms with E-state index in [0.717, 1.165) is 16.6 Å². The molecule has 2 aromatic carbocycles. The number of benzene rings is 2. The minimum absolute atomic E-state index is 0.0588. The normalized spacial score (nSPS) is 12.2. The molecular formula is C23H29FN4O6S. The number of nitro benzene ring substituents is 1. The maximum Gasteiger partial charge on any atom is 0.271 e. The van der Waals surface area contributed by atoms with Crippen molar-refractivity contribution in [1.82, 2.24) is 10.2 Å². The SMILES string of the molecule is CC[C@H](C(=O)NC(C)C)N(Cc1ccc(F)cc1)C(=O)CN(c1cccc([N+](=O)[O-])c1)S(C)(=O)=O. The van der Waals surface area contributed by atoms with Gasteiger partial charge in [-0.15, -0.1) is 0 Å². The van der Waals surface area contributed by atoms with E-state index in [9.17, 15) is 32.5 Å². The largest absolute Gasteiger partial charge is 0.352 e. The molecule has 0 fully saturated rings. The van der Waals surface area contributed by atoms with Gasteiger partial charge in [0, 0.05) is 24.7 Å². The van der Waals surface area contributed by atoms with E-state index in [2.05, 4.69) is 5.32 Å². The summed E-state index contributed by atoms with van der Waals surface area (Å²) in [6.45, 7) is 4.49. The third-order valence-electron chi connectivity index (χ3n) is 5.09. The van der Waals surface area contributed by atoms with Crippen molar-refractivity contribution >= 4 is 33.2 Å². The first kappa shape index (κ1) is 27.7. The van der Waals surface area contributed by atoms with Gasteiger partial charge in [0.1, 0.15) is 18.4 Å². The number of rotatable bonds is 11. The van der Waals surface area contributed by atoms with Gasteiger partial charge < -0.3 is 10.2 Å². The second-order valence-electron chi connectivity index (χ2n) is 8.28. The Morgan fingerprint density at radius 2 is 1.77 bits per heavy atom. The number of halogens is 1. The Labute approximate surface area is 203 Å². The molecule has 0 saturated carbocycles. The Bertz CT molecular complexity index is 1170. The highest BCUT2D eigenvalue weighted by molar-refractivity contribution is 7.92. The van der Waals surface area contributed by atoms with E-state index < -0.39 is 45.2 Å². The Morgan fingerprint density at radius 3 is 2.29 bits per heavy atom. The smallest absolute Gasteiger partial charge is 0.271 e. The molecule has 2 aromatic rings. The van der Waals surface area contributed by atoms with Crippen LogP contribution in [-0.4, -0.2) is 54.9 Å². The monoisotopic (exact) mass is 508 g/mol. The molecule has 0 unspecified atom stereocenters. The summed E-state index contributed by atoms with van der Waals surface area (Å²) in [4.78, 5) is 38.1. The summed E-state index contributed by atoms with van der Waals surface area (Å²) < 4.78 is 39.3. The number of anilines is 1. The summed E-state index contributed by atoms with van der Waals surface area (Å²) in [5.74, 6) is -1.58. The number of nitro groups is 1. The second kappa shape index (κ2) is 11.7. The molecule has 1 N–H and O–H groups in total. The van der Waals surface area contributed by atoms with Gasteiger partial charge in [-0.2, -0.15) is 0 Å². The van der Waals surface area contributed by atoms with Gasteiger partial charge in [0.2, 0.25) is 21.8 Å². The molecule has 0 spiro atoms. The Balaban J connectivity index is 2.47. The van der Waals surface area contributed by atoms with Gasteiger partial charge in [0.15, 0.2) is 0 Å². The minimum Gasteiger partial charge on any atom is -0.352 e. The van der Waals surface area contributed by atoms with Crippen LogP contribution in [0.2, 0.25) is 0 Å². The van der Waals surface area contributed by atoms with Crippen molar-refractivity contribution in [3.05, 3.63) is 70.0 Å². The fraction of sp³-hybridized carbons (Fsp3) is 0.391. The third-order valence-corrected chi connectivity index (χ3v) is 6.23. The molecule has 1 atom stereocenters. The number of sulfonamides is 1. The number of carbonyl (C=O) groups excluding carboxylic acids is 2. The molecule has 2 rings (SSSR count).